The summed E-state index contributed by atoms with van der Waals surface area (Å²) in [5.41, 5.74) is 1.86. The van der Waals surface area contributed by atoms with Gasteiger partial charge >= 0.3 is 5.97 Å². The van der Waals surface area contributed by atoms with Crippen molar-refractivity contribution in [2.75, 3.05) is 24.5 Å². The van der Waals surface area contributed by atoms with E-state index in [4.69, 9.17) is 5.11 Å². The molecule has 0 bridgehead atoms. The number of nitrogens with one attached hydrogen (secondary N) is 1. The Morgan fingerprint density at radius 3 is 2.76 bits per heavy atom. The van der Waals surface area contributed by atoms with E-state index >= 15 is 0 Å². The topological polar surface area (TPSA) is 69.6 Å². The largest absolute Gasteiger partial charge is 0.481 e. The Labute approximate surface area is 123 Å². The maximum Gasteiger partial charge on any atom is 0.304 e. The first-order valence-corrected chi connectivity index (χ1v) is 7.40. The molecule has 0 aromatic heterocycles. The zero-order chi connectivity index (χ0) is 15.0. The van der Waals surface area contributed by atoms with Gasteiger partial charge in [0.1, 0.15) is 0 Å². The minimum absolute atomic E-state index is 0.0124. The second-order valence-corrected chi connectivity index (χ2v) is 6.04. The first-order chi connectivity index (χ1) is 10.1. The number of carbonyl (C=O) groups is 2. The number of rotatable bonds is 3. The van der Waals surface area contributed by atoms with Gasteiger partial charge in [-0.25, -0.2) is 0 Å². The summed E-state index contributed by atoms with van der Waals surface area (Å²) >= 11 is 0. The fourth-order valence-electron chi connectivity index (χ4n) is 3.43. The summed E-state index contributed by atoms with van der Waals surface area (Å²) in [6, 6.07) is 7.66. The molecule has 0 spiro atoms. The zero-order valence-corrected chi connectivity index (χ0v) is 12.1. The summed E-state index contributed by atoms with van der Waals surface area (Å²) in [5, 5.41) is 12.3. The molecule has 1 saturated heterocycles. The Morgan fingerprint density at radius 2 is 2.10 bits per heavy atom. The number of amides is 1. The average Bonchev–Trinajstić information content (AvgIpc) is 3.02. The molecule has 1 aromatic carbocycles. The number of benzene rings is 1. The molecule has 0 radical (unpaired) electrons. The van der Waals surface area contributed by atoms with Crippen molar-refractivity contribution in [3.63, 3.8) is 0 Å². The van der Waals surface area contributed by atoms with Crippen molar-refractivity contribution in [3.8, 4) is 0 Å². The van der Waals surface area contributed by atoms with E-state index in [2.05, 4.69) is 12.2 Å². The van der Waals surface area contributed by atoms with Gasteiger partial charge in [-0.15, -0.1) is 0 Å². The molecular formula is C16H20N2O3. The monoisotopic (exact) mass is 288 g/mol. The molecule has 112 valence electrons. The molecular weight excluding hydrogens is 268 g/mol. The molecule has 0 aliphatic carbocycles. The Kier molecular flexibility index (Phi) is 3.68. The van der Waals surface area contributed by atoms with Crippen molar-refractivity contribution < 1.29 is 14.7 Å². The highest BCUT2D eigenvalue weighted by atomic mass is 16.4. The third-order valence-electron chi connectivity index (χ3n) is 4.59. The van der Waals surface area contributed by atoms with Crippen molar-refractivity contribution in [3.05, 3.63) is 29.8 Å². The SMILES string of the molecule is C[C@@H]1CNC[C@H]1C(=O)N1CC(CC(=O)O)c2ccccc21. The van der Waals surface area contributed by atoms with E-state index in [0.29, 0.717) is 19.0 Å². The lowest BCUT2D eigenvalue weighted by Crippen LogP contribution is -2.38. The van der Waals surface area contributed by atoms with E-state index in [1.54, 1.807) is 4.90 Å². The molecule has 2 aliphatic heterocycles. The van der Waals surface area contributed by atoms with Gasteiger partial charge in [0.05, 0.1) is 12.3 Å². The number of anilines is 1. The van der Waals surface area contributed by atoms with Gasteiger partial charge in [0.2, 0.25) is 5.91 Å². The minimum atomic E-state index is -0.819. The van der Waals surface area contributed by atoms with Gasteiger partial charge in [-0.3, -0.25) is 9.59 Å². The number of aliphatic carboxylic acids is 1. The second kappa shape index (κ2) is 5.48. The summed E-state index contributed by atoms with van der Waals surface area (Å²) in [4.78, 5) is 25.6. The van der Waals surface area contributed by atoms with E-state index < -0.39 is 5.97 Å². The number of fused-ring (bicyclic) bond motifs is 1. The molecule has 3 rings (SSSR count). The van der Waals surface area contributed by atoms with E-state index in [0.717, 1.165) is 17.8 Å². The van der Waals surface area contributed by atoms with Crippen molar-refractivity contribution in [1.82, 2.24) is 5.32 Å². The number of para-hydroxylation sites is 1. The minimum Gasteiger partial charge on any atom is -0.481 e. The first-order valence-electron chi connectivity index (χ1n) is 7.40. The predicted molar refractivity (Wildman–Crippen MR) is 79.3 cm³/mol. The summed E-state index contributed by atoms with van der Waals surface area (Å²) in [6.45, 7) is 4.14. The molecule has 5 nitrogen and oxygen atoms in total. The number of nitrogens with zero attached hydrogens (tertiary/aromatic N) is 1. The summed E-state index contributed by atoms with van der Waals surface area (Å²) in [7, 11) is 0. The predicted octanol–water partition coefficient (Wildman–Crippen LogP) is 1.45. The van der Waals surface area contributed by atoms with Gasteiger partial charge in [-0.2, -0.15) is 0 Å². The Hall–Kier alpha value is -1.88. The fraction of sp³-hybridized carbons (Fsp3) is 0.500. The first kappa shape index (κ1) is 14.1. The Morgan fingerprint density at radius 1 is 1.33 bits per heavy atom. The molecule has 2 heterocycles. The van der Waals surface area contributed by atoms with Gasteiger partial charge in [-0.05, 0) is 24.1 Å². The van der Waals surface area contributed by atoms with Crippen LogP contribution in [0, 0.1) is 11.8 Å². The van der Waals surface area contributed by atoms with Crippen LogP contribution in [0.3, 0.4) is 0 Å². The van der Waals surface area contributed by atoms with Crippen LogP contribution in [0.2, 0.25) is 0 Å². The highest BCUT2D eigenvalue weighted by molar-refractivity contribution is 5.98. The van der Waals surface area contributed by atoms with Gasteiger partial charge < -0.3 is 15.3 Å². The van der Waals surface area contributed by atoms with Crippen LogP contribution in [-0.4, -0.2) is 36.6 Å². The van der Waals surface area contributed by atoms with Gasteiger partial charge in [0, 0.05) is 24.7 Å². The lowest BCUT2D eigenvalue weighted by atomic mass is 9.96. The average molecular weight is 288 g/mol. The zero-order valence-electron chi connectivity index (χ0n) is 12.1. The summed E-state index contributed by atoms with van der Waals surface area (Å²) in [5.74, 6) is -0.495. The molecule has 21 heavy (non-hydrogen) atoms. The highest BCUT2D eigenvalue weighted by Gasteiger charge is 2.39. The van der Waals surface area contributed by atoms with Crippen LogP contribution >= 0.6 is 0 Å². The number of carboxylic acids is 1. The van der Waals surface area contributed by atoms with Crippen molar-refractivity contribution >= 4 is 17.6 Å². The molecule has 1 unspecified atom stereocenters. The molecule has 0 saturated carbocycles. The summed E-state index contributed by atoms with van der Waals surface area (Å²) in [6.07, 6.45) is 0.0687. The van der Waals surface area contributed by atoms with Crippen LogP contribution in [0.5, 0.6) is 0 Å². The van der Waals surface area contributed by atoms with Gasteiger partial charge in [0.15, 0.2) is 0 Å². The Bertz CT molecular complexity index is 572. The molecule has 1 aromatic rings. The van der Waals surface area contributed by atoms with E-state index in [1.165, 1.54) is 0 Å². The highest BCUT2D eigenvalue weighted by Crippen LogP contribution is 2.39. The molecule has 5 heteroatoms. The van der Waals surface area contributed by atoms with Crippen LogP contribution in [0.25, 0.3) is 0 Å². The van der Waals surface area contributed by atoms with Crippen LogP contribution in [0.15, 0.2) is 24.3 Å². The number of carboxylic acid groups (broad SMARTS) is 1. The molecule has 1 amide bonds. The molecule has 3 atom stereocenters. The van der Waals surface area contributed by atoms with Crippen LogP contribution < -0.4 is 10.2 Å². The maximum atomic E-state index is 12.8. The van der Waals surface area contributed by atoms with Crippen molar-refractivity contribution in [2.45, 2.75) is 19.3 Å². The summed E-state index contributed by atoms with van der Waals surface area (Å²) < 4.78 is 0. The smallest absolute Gasteiger partial charge is 0.304 e. The van der Waals surface area contributed by atoms with E-state index in [-0.39, 0.29) is 24.2 Å². The quantitative estimate of drug-likeness (QED) is 0.883. The lowest BCUT2D eigenvalue weighted by molar-refractivity contribution is -0.137. The normalized spacial score (nSPS) is 27.7. The van der Waals surface area contributed by atoms with E-state index in [9.17, 15) is 9.59 Å². The number of hydrogen-bond donors (Lipinski definition) is 2. The number of carbonyl (C=O) groups excluding carboxylic acids is 1. The fourth-order valence-corrected chi connectivity index (χ4v) is 3.43. The maximum absolute atomic E-state index is 12.8. The van der Waals surface area contributed by atoms with Crippen LogP contribution in [-0.2, 0) is 9.59 Å². The Balaban J connectivity index is 1.87. The van der Waals surface area contributed by atoms with Crippen molar-refractivity contribution in [1.29, 1.82) is 0 Å². The van der Waals surface area contributed by atoms with Crippen LogP contribution in [0.4, 0.5) is 5.69 Å². The molecule has 2 aliphatic rings. The third kappa shape index (κ3) is 2.53. The lowest BCUT2D eigenvalue weighted by Gasteiger charge is -2.23. The standard InChI is InChI=1S/C16H20N2O3/c1-10-7-17-8-13(10)16(21)18-9-11(6-15(19)20)12-4-2-3-5-14(12)18/h2-5,10-11,13,17H,6-9H2,1H3,(H,19,20)/t10-,11?,13-/m1/s1. The van der Waals surface area contributed by atoms with Crippen LogP contribution in [0.1, 0.15) is 24.8 Å². The van der Waals surface area contributed by atoms with Crippen molar-refractivity contribution in [2.24, 2.45) is 11.8 Å². The van der Waals surface area contributed by atoms with Gasteiger partial charge in [-0.1, -0.05) is 25.1 Å². The molecule has 1 fully saturated rings. The number of hydrogen-bond acceptors (Lipinski definition) is 3. The van der Waals surface area contributed by atoms with E-state index in [1.807, 2.05) is 24.3 Å². The molecule has 2 N–H and O–H groups in total. The second-order valence-electron chi connectivity index (χ2n) is 6.04. The third-order valence-corrected chi connectivity index (χ3v) is 4.59. The van der Waals surface area contributed by atoms with Gasteiger partial charge in [0.25, 0.3) is 0 Å².